The number of fused-ring (bicyclic) bond motifs is 3. The molecule has 22 heavy (non-hydrogen) atoms. The number of anilines is 1. The molecule has 3 rings (SSSR count). The number of nitrogens with two attached hydrogens (primary N) is 1. The van der Waals surface area contributed by atoms with Crippen LogP contribution in [0.3, 0.4) is 0 Å². The molecule has 0 saturated heterocycles. The van der Waals surface area contributed by atoms with Crippen LogP contribution in [-0.2, 0) is 4.74 Å². The number of rotatable bonds is 5. The maximum Gasteiger partial charge on any atom is 0.148 e. The Kier molecular flexibility index (Phi) is 3.98. The molecule has 0 amide bonds. The van der Waals surface area contributed by atoms with Crippen LogP contribution in [0.2, 0.25) is 0 Å². The average molecular weight is 298 g/mol. The first-order chi connectivity index (χ1) is 10.7. The lowest BCUT2D eigenvalue weighted by atomic mass is 10.1. The summed E-state index contributed by atoms with van der Waals surface area (Å²) in [5.74, 6) is 1.86. The van der Waals surface area contributed by atoms with Crippen molar-refractivity contribution in [3.8, 4) is 11.5 Å². The van der Waals surface area contributed by atoms with E-state index < -0.39 is 0 Å². The first kappa shape index (κ1) is 14.4. The lowest BCUT2D eigenvalue weighted by molar-refractivity contribution is 0.146. The highest BCUT2D eigenvalue weighted by Gasteiger charge is 2.12. The number of nitrogens with zero attached hydrogens (tertiary/aromatic N) is 1. The maximum atomic E-state index is 6.07. The fourth-order valence-electron chi connectivity index (χ4n) is 2.51. The topological polar surface area (TPSA) is 66.6 Å². The van der Waals surface area contributed by atoms with E-state index in [-0.39, 0.29) is 0 Å². The van der Waals surface area contributed by atoms with Crippen LogP contribution in [0.4, 0.5) is 5.82 Å². The Labute approximate surface area is 128 Å². The van der Waals surface area contributed by atoms with Crippen molar-refractivity contribution in [2.24, 2.45) is 0 Å². The first-order valence-electron chi connectivity index (χ1n) is 7.02. The van der Waals surface area contributed by atoms with Crippen LogP contribution >= 0.6 is 0 Å². The van der Waals surface area contributed by atoms with Crippen LogP contribution in [-0.4, -0.2) is 32.4 Å². The van der Waals surface area contributed by atoms with E-state index in [1.165, 1.54) is 0 Å². The minimum absolute atomic E-state index is 0.478. The molecular formula is C17H18N2O3. The highest BCUT2D eigenvalue weighted by Crippen LogP contribution is 2.36. The molecule has 2 N–H and O–H groups in total. The lowest BCUT2D eigenvalue weighted by Gasteiger charge is -2.13. The minimum atomic E-state index is 0.478. The fraction of sp³-hybridized carbons (Fsp3) is 0.235. The Morgan fingerprint density at radius 2 is 1.77 bits per heavy atom. The predicted molar refractivity (Wildman–Crippen MR) is 87.6 cm³/mol. The highest BCUT2D eigenvalue weighted by atomic mass is 16.5. The molecule has 0 bridgehead atoms. The van der Waals surface area contributed by atoms with Crippen LogP contribution in [0.5, 0.6) is 11.5 Å². The van der Waals surface area contributed by atoms with Gasteiger partial charge >= 0.3 is 0 Å². The minimum Gasteiger partial charge on any atom is -0.494 e. The average Bonchev–Trinajstić information content (AvgIpc) is 2.55. The number of hydrogen-bond acceptors (Lipinski definition) is 5. The quantitative estimate of drug-likeness (QED) is 0.579. The third-order valence-electron chi connectivity index (χ3n) is 3.55. The largest absolute Gasteiger partial charge is 0.494 e. The third kappa shape index (κ3) is 2.51. The number of ether oxygens (including phenoxy) is 3. The Hall–Kier alpha value is -2.53. The second-order valence-corrected chi connectivity index (χ2v) is 4.91. The summed E-state index contributed by atoms with van der Waals surface area (Å²) in [6, 6.07) is 11.7. The summed E-state index contributed by atoms with van der Waals surface area (Å²) in [6.07, 6.45) is 0. The molecule has 0 aliphatic heterocycles. The standard InChI is InChI=1S/C17H18N2O3/c1-20-7-8-22-11-9-14-12-5-3-4-6-13(12)17(18)19-16(14)15(10-11)21-2/h3-6,9-10H,7-8H2,1-2H3,(H2,18,19). The van der Waals surface area contributed by atoms with E-state index in [0.29, 0.717) is 24.8 Å². The van der Waals surface area contributed by atoms with Crippen molar-refractivity contribution in [2.45, 2.75) is 0 Å². The van der Waals surface area contributed by atoms with Gasteiger partial charge in [0.25, 0.3) is 0 Å². The zero-order valence-corrected chi connectivity index (χ0v) is 12.6. The molecule has 1 aromatic heterocycles. The summed E-state index contributed by atoms with van der Waals surface area (Å²) >= 11 is 0. The molecule has 114 valence electrons. The maximum absolute atomic E-state index is 6.07. The van der Waals surface area contributed by atoms with Gasteiger partial charge in [-0.3, -0.25) is 0 Å². The van der Waals surface area contributed by atoms with Gasteiger partial charge in [0, 0.05) is 23.9 Å². The Balaban J connectivity index is 2.22. The number of hydrogen-bond donors (Lipinski definition) is 1. The van der Waals surface area contributed by atoms with E-state index in [4.69, 9.17) is 19.9 Å². The van der Waals surface area contributed by atoms with Crippen molar-refractivity contribution in [1.29, 1.82) is 0 Å². The van der Waals surface area contributed by atoms with Gasteiger partial charge in [0.15, 0.2) is 0 Å². The molecule has 1 heterocycles. The van der Waals surface area contributed by atoms with Gasteiger partial charge in [0.1, 0.15) is 29.4 Å². The van der Waals surface area contributed by atoms with Gasteiger partial charge < -0.3 is 19.9 Å². The third-order valence-corrected chi connectivity index (χ3v) is 3.55. The number of nitrogen functional groups attached to an aromatic ring is 1. The molecular weight excluding hydrogens is 280 g/mol. The first-order valence-corrected chi connectivity index (χ1v) is 7.02. The van der Waals surface area contributed by atoms with E-state index in [1.807, 2.05) is 36.4 Å². The monoisotopic (exact) mass is 298 g/mol. The van der Waals surface area contributed by atoms with Crippen LogP contribution in [0.1, 0.15) is 0 Å². The second kappa shape index (κ2) is 6.07. The summed E-state index contributed by atoms with van der Waals surface area (Å²) in [5.41, 5.74) is 6.80. The molecule has 3 aromatic rings. The van der Waals surface area contributed by atoms with Crippen molar-refractivity contribution < 1.29 is 14.2 Å². The zero-order valence-electron chi connectivity index (χ0n) is 12.6. The Bertz CT molecular complexity index is 818. The molecule has 5 heteroatoms. The van der Waals surface area contributed by atoms with Crippen molar-refractivity contribution in [3.05, 3.63) is 36.4 Å². The molecule has 5 nitrogen and oxygen atoms in total. The molecule has 0 aliphatic carbocycles. The predicted octanol–water partition coefficient (Wildman–Crippen LogP) is 3.00. The number of pyridine rings is 1. The van der Waals surface area contributed by atoms with E-state index in [9.17, 15) is 0 Å². The summed E-state index contributed by atoms with van der Waals surface area (Å²) in [7, 11) is 3.26. The van der Waals surface area contributed by atoms with Crippen LogP contribution in [0.15, 0.2) is 36.4 Å². The van der Waals surface area contributed by atoms with Crippen molar-refractivity contribution in [1.82, 2.24) is 4.98 Å². The second-order valence-electron chi connectivity index (χ2n) is 4.91. The summed E-state index contributed by atoms with van der Waals surface area (Å²) < 4.78 is 16.2. The van der Waals surface area contributed by atoms with Gasteiger partial charge in [-0.15, -0.1) is 0 Å². The molecule has 0 atom stereocenters. The summed E-state index contributed by atoms with van der Waals surface area (Å²) in [4.78, 5) is 4.48. The number of methoxy groups -OCH3 is 2. The van der Waals surface area contributed by atoms with Crippen LogP contribution in [0, 0.1) is 0 Å². The van der Waals surface area contributed by atoms with Gasteiger partial charge in [0.2, 0.25) is 0 Å². The molecule has 0 saturated carbocycles. The van der Waals surface area contributed by atoms with Gasteiger partial charge in [0.05, 0.1) is 13.7 Å². The van der Waals surface area contributed by atoms with Crippen molar-refractivity contribution >= 4 is 27.5 Å². The normalized spacial score (nSPS) is 11.0. The molecule has 0 aliphatic rings. The van der Waals surface area contributed by atoms with Crippen molar-refractivity contribution in [3.63, 3.8) is 0 Å². The van der Waals surface area contributed by atoms with E-state index in [0.717, 1.165) is 27.4 Å². The van der Waals surface area contributed by atoms with E-state index in [1.54, 1.807) is 14.2 Å². The van der Waals surface area contributed by atoms with Gasteiger partial charge in [-0.1, -0.05) is 24.3 Å². The smallest absolute Gasteiger partial charge is 0.148 e. The Morgan fingerprint density at radius 3 is 2.50 bits per heavy atom. The summed E-state index contributed by atoms with van der Waals surface area (Å²) in [6.45, 7) is 1.01. The summed E-state index contributed by atoms with van der Waals surface area (Å²) in [5, 5.41) is 2.91. The molecule has 2 aromatic carbocycles. The molecule has 0 radical (unpaired) electrons. The highest BCUT2D eigenvalue weighted by molar-refractivity contribution is 6.11. The van der Waals surface area contributed by atoms with Crippen molar-refractivity contribution in [2.75, 3.05) is 33.2 Å². The van der Waals surface area contributed by atoms with E-state index >= 15 is 0 Å². The lowest BCUT2D eigenvalue weighted by Crippen LogP contribution is -2.04. The Morgan fingerprint density at radius 1 is 1.00 bits per heavy atom. The fourth-order valence-corrected chi connectivity index (χ4v) is 2.51. The molecule has 0 unspecified atom stereocenters. The van der Waals surface area contributed by atoms with Crippen LogP contribution < -0.4 is 15.2 Å². The van der Waals surface area contributed by atoms with Gasteiger partial charge in [-0.2, -0.15) is 0 Å². The van der Waals surface area contributed by atoms with Gasteiger partial charge in [-0.05, 0) is 11.5 Å². The van der Waals surface area contributed by atoms with Gasteiger partial charge in [-0.25, -0.2) is 4.98 Å². The van der Waals surface area contributed by atoms with Crippen LogP contribution in [0.25, 0.3) is 21.7 Å². The SMILES string of the molecule is COCCOc1cc(OC)c2nc(N)c3ccccc3c2c1. The number of aromatic nitrogens is 1. The zero-order chi connectivity index (χ0) is 15.5. The molecule has 0 fully saturated rings. The molecule has 0 spiro atoms. The number of benzene rings is 2. The van der Waals surface area contributed by atoms with E-state index in [2.05, 4.69) is 4.98 Å².